The Morgan fingerprint density at radius 1 is 1.38 bits per heavy atom. The topological polar surface area (TPSA) is 80.5 Å². The van der Waals surface area contributed by atoms with E-state index in [1.165, 1.54) is 0 Å². The van der Waals surface area contributed by atoms with Crippen LogP contribution in [0.3, 0.4) is 0 Å². The van der Waals surface area contributed by atoms with Crippen LogP contribution in [-0.4, -0.2) is 47.3 Å². The van der Waals surface area contributed by atoms with E-state index in [1.807, 2.05) is 35.2 Å². The van der Waals surface area contributed by atoms with Gasteiger partial charge in [-0.05, 0) is 12.0 Å². The average Bonchev–Trinajstić information content (AvgIpc) is 3.20. The van der Waals surface area contributed by atoms with Gasteiger partial charge < -0.3 is 14.5 Å². The van der Waals surface area contributed by atoms with Crippen molar-refractivity contribution in [3.63, 3.8) is 0 Å². The minimum absolute atomic E-state index is 0.0307. The molecule has 0 radical (unpaired) electrons. The fourth-order valence-corrected chi connectivity index (χ4v) is 2.95. The van der Waals surface area contributed by atoms with Crippen molar-refractivity contribution in [2.75, 3.05) is 20.2 Å². The highest BCUT2D eigenvalue weighted by Crippen LogP contribution is 2.32. The normalized spacial score (nSPS) is 21.1. The Labute approximate surface area is 141 Å². The first kappa shape index (κ1) is 16.6. The van der Waals surface area contributed by atoms with Gasteiger partial charge in [-0.15, -0.1) is 10.2 Å². The van der Waals surface area contributed by atoms with Crippen LogP contribution in [0.4, 0.5) is 0 Å². The molecule has 1 N–H and O–H groups in total. The molecule has 0 saturated carbocycles. The van der Waals surface area contributed by atoms with Gasteiger partial charge in [-0.2, -0.15) is 0 Å². The number of ether oxygens (including phenoxy) is 1. The van der Waals surface area contributed by atoms with Crippen molar-refractivity contribution in [1.82, 2.24) is 20.4 Å². The maximum absolute atomic E-state index is 12.3. The highest BCUT2D eigenvalue weighted by Gasteiger charge is 2.37. The molecule has 3 rings (SSSR count). The summed E-state index contributed by atoms with van der Waals surface area (Å²) < 4.78 is 11.0. The van der Waals surface area contributed by atoms with Crippen LogP contribution < -0.4 is 5.32 Å². The summed E-state index contributed by atoms with van der Waals surface area (Å²) in [5.74, 6) is 1.04. The fraction of sp³-hybridized carbons (Fsp3) is 0.471. The summed E-state index contributed by atoms with van der Waals surface area (Å²) in [5, 5.41) is 10.9. The number of aromatic nitrogens is 2. The molecular formula is C17H22N4O3. The van der Waals surface area contributed by atoms with Crippen LogP contribution in [0.25, 0.3) is 0 Å². The Bertz CT molecular complexity index is 673. The van der Waals surface area contributed by atoms with Crippen LogP contribution in [0.2, 0.25) is 0 Å². The predicted octanol–water partition coefficient (Wildman–Crippen LogP) is 1.46. The molecule has 2 atom stereocenters. The van der Waals surface area contributed by atoms with Crippen LogP contribution in [-0.2, 0) is 16.1 Å². The maximum atomic E-state index is 12.3. The third-order valence-electron chi connectivity index (χ3n) is 4.20. The first-order valence-electron chi connectivity index (χ1n) is 8.03. The maximum Gasteiger partial charge on any atom is 0.234 e. The number of methoxy groups -OCH3 is 1. The molecule has 0 unspecified atom stereocenters. The number of amides is 1. The second kappa shape index (κ2) is 7.55. The van der Waals surface area contributed by atoms with Gasteiger partial charge in [-0.3, -0.25) is 9.69 Å². The molecule has 1 aliphatic heterocycles. The van der Waals surface area contributed by atoms with Gasteiger partial charge in [0.15, 0.2) is 0 Å². The molecule has 1 aliphatic rings. The zero-order chi connectivity index (χ0) is 16.9. The molecule has 0 aliphatic carbocycles. The summed E-state index contributed by atoms with van der Waals surface area (Å²) in [6.45, 7) is 3.22. The lowest BCUT2D eigenvalue weighted by Crippen LogP contribution is -2.37. The van der Waals surface area contributed by atoms with Crippen molar-refractivity contribution in [3.8, 4) is 0 Å². The van der Waals surface area contributed by atoms with Crippen molar-refractivity contribution < 1.29 is 13.9 Å². The van der Waals surface area contributed by atoms with E-state index in [-0.39, 0.29) is 24.6 Å². The van der Waals surface area contributed by atoms with Gasteiger partial charge in [0.05, 0.1) is 18.7 Å². The molecule has 0 spiro atoms. The van der Waals surface area contributed by atoms with E-state index >= 15 is 0 Å². The molecule has 2 heterocycles. The van der Waals surface area contributed by atoms with Gasteiger partial charge in [0.25, 0.3) is 0 Å². The van der Waals surface area contributed by atoms with Crippen LogP contribution in [0.5, 0.6) is 0 Å². The van der Waals surface area contributed by atoms with Crippen molar-refractivity contribution in [2.45, 2.75) is 32.0 Å². The number of hydrogen-bond acceptors (Lipinski definition) is 6. The van der Waals surface area contributed by atoms with Crippen molar-refractivity contribution in [2.24, 2.45) is 0 Å². The smallest absolute Gasteiger partial charge is 0.234 e. The Morgan fingerprint density at radius 2 is 2.17 bits per heavy atom. The predicted molar refractivity (Wildman–Crippen MR) is 87.1 cm³/mol. The number of hydrogen-bond donors (Lipinski definition) is 1. The van der Waals surface area contributed by atoms with Crippen molar-refractivity contribution in [3.05, 3.63) is 47.7 Å². The minimum atomic E-state index is -0.0846. The van der Waals surface area contributed by atoms with E-state index in [0.717, 1.165) is 12.0 Å². The van der Waals surface area contributed by atoms with E-state index in [0.29, 0.717) is 24.9 Å². The van der Waals surface area contributed by atoms with Gasteiger partial charge in [0, 0.05) is 27.1 Å². The van der Waals surface area contributed by atoms with Gasteiger partial charge in [-0.25, -0.2) is 0 Å². The molecule has 2 aromatic rings. The van der Waals surface area contributed by atoms with E-state index in [4.69, 9.17) is 9.15 Å². The molecule has 1 saturated heterocycles. The lowest BCUT2D eigenvalue weighted by Gasteiger charge is -2.20. The molecule has 128 valence electrons. The summed E-state index contributed by atoms with van der Waals surface area (Å²) in [6.07, 6.45) is 0.800. The molecular weight excluding hydrogens is 308 g/mol. The van der Waals surface area contributed by atoms with E-state index in [1.54, 1.807) is 14.0 Å². The summed E-state index contributed by atoms with van der Waals surface area (Å²) in [4.78, 5) is 14.3. The zero-order valence-electron chi connectivity index (χ0n) is 13.9. The quantitative estimate of drug-likeness (QED) is 0.863. The molecule has 7 nitrogen and oxygen atoms in total. The van der Waals surface area contributed by atoms with E-state index < -0.39 is 0 Å². The zero-order valence-corrected chi connectivity index (χ0v) is 13.9. The molecule has 1 aromatic heterocycles. The Hall–Kier alpha value is -2.25. The van der Waals surface area contributed by atoms with Gasteiger partial charge >= 0.3 is 0 Å². The highest BCUT2D eigenvalue weighted by atomic mass is 16.5. The fourth-order valence-electron chi connectivity index (χ4n) is 2.95. The first-order chi connectivity index (χ1) is 11.7. The number of nitrogens with one attached hydrogen (secondary N) is 1. The van der Waals surface area contributed by atoms with E-state index in [9.17, 15) is 4.79 Å². The number of carbonyl (C=O) groups excluding carboxylic acids is 1. The summed E-state index contributed by atoms with van der Waals surface area (Å²) in [7, 11) is 1.68. The standard InChI is InChI=1S/C17H22N4O3/c1-12-19-20-17(24-12)15-8-14(23-2)10-21(15)11-16(22)18-9-13-6-4-3-5-7-13/h3-7,14-15H,8-11H2,1-2H3,(H,18,22)/t14-,15-/m1/s1. The minimum Gasteiger partial charge on any atom is -0.424 e. The number of likely N-dealkylation sites (tertiary alicyclic amines) is 1. The van der Waals surface area contributed by atoms with Crippen LogP contribution in [0.15, 0.2) is 34.7 Å². The molecule has 1 amide bonds. The highest BCUT2D eigenvalue weighted by molar-refractivity contribution is 5.78. The van der Waals surface area contributed by atoms with Crippen molar-refractivity contribution in [1.29, 1.82) is 0 Å². The SMILES string of the molecule is CO[C@@H]1C[C@H](c2nnc(C)o2)N(CC(=O)NCc2ccccc2)C1. The lowest BCUT2D eigenvalue weighted by atomic mass is 10.2. The van der Waals surface area contributed by atoms with Crippen LogP contribution in [0.1, 0.15) is 29.8 Å². The Kier molecular flexibility index (Phi) is 5.22. The van der Waals surface area contributed by atoms with Crippen molar-refractivity contribution >= 4 is 5.91 Å². The number of nitrogens with zero attached hydrogens (tertiary/aromatic N) is 3. The second-order valence-electron chi connectivity index (χ2n) is 5.96. The van der Waals surface area contributed by atoms with Gasteiger partial charge in [-0.1, -0.05) is 30.3 Å². The summed E-state index contributed by atoms with van der Waals surface area (Å²) in [5.41, 5.74) is 1.08. The molecule has 24 heavy (non-hydrogen) atoms. The third-order valence-corrected chi connectivity index (χ3v) is 4.20. The van der Waals surface area contributed by atoms with Gasteiger partial charge in [0.1, 0.15) is 0 Å². The number of rotatable bonds is 6. The molecule has 1 aromatic carbocycles. The number of carbonyl (C=O) groups is 1. The molecule has 0 bridgehead atoms. The largest absolute Gasteiger partial charge is 0.424 e. The van der Waals surface area contributed by atoms with Crippen LogP contribution >= 0.6 is 0 Å². The Balaban J connectivity index is 1.60. The average molecular weight is 330 g/mol. The number of aryl methyl sites for hydroxylation is 1. The van der Waals surface area contributed by atoms with E-state index in [2.05, 4.69) is 15.5 Å². The Morgan fingerprint density at radius 3 is 2.83 bits per heavy atom. The monoisotopic (exact) mass is 330 g/mol. The second-order valence-corrected chi connectivity index (χ2v) is 5.96. The lowest BCUT2D eigenvalue weighted by molar-refractivity contribution is -0.122. The number of benzene rings is 1. The van der Waals surface area contributed by atoms with Crippen LogP contribution in [0, 0.1) is 6.92 Å². The first-order valence-corrected chi connectivity index (χ1v) is 8.03. The molecule has 1 fully saturated rings. The third kappa shape index (κ3) is 3.98. The summed E-state index contributed by atoms with van der Waals surface area (Å²) >= 11 is 0. The van der Waals surface area contributed by atoms with Gasteiger partial charge in [0.2, 0.25) is 17.7 Å². The summed E-state index contributed by atoms with van der Waals surface area (Å²) in [6, 6.07) is 9.76. The molecule has 7 heteroatoms.